The predicted molar refractivity (Wildman–Crippen MR) is 151 cm³/mol. The molecule has 0 saturated heterocycles. The van der Waals surface area contributed by atoms with Crippen molar-refractivity contribution in [2.24, 2.45) is 0 Å². The van der Waals surface area contributed by atoms with E-state index in [1.807, 2.05) is 25.1 Å². The first kappa shape index (κ1) is 32.7. The highest BCUT2D eigenvalue weighted by atomic mass is 32.2. The van der Waals surface area contributed by atoms with Gasteiger partial charge >= 0.3 is 12.1 Å². The number of hydrogen-bond donors (Lipinski definition) is 2. The number of phenols is 2. The van der Waals surface area contributed by atoms with Crippen LogP contribution in [0.1, 0.15) is 69.8 Å². The van der Waals surface area contributed by atoms with Crippen LogP contribution in [0.25, 0.3) is 22.2 Å². The summed E-state index contributed by atoms with van der Waals surface area (Å²) < 4.78 is 88.6. The van der Waals surface area contributed by atoms with Crippen molar-refractivity contribution in [1.29, 1.82) is 0 Å². The summed E-state index contributed by atoms with van der Waals surface area (Å²) >= 11 is 0. The van der Waals surface area contributed by atoms with Crippen LogP contribution >= 0.6 is 0 Å². The Morgan fingerprint density at radius 1 is 0.732 bits per heavy atom. The van der Waals surface area contributed by atoms with E-state index in [0.29, 0.717) is 12.8 Å². The number of halogens is 5. The second-order valence-corrected chi connectivity index (χ2v) is 13.0. The summed E-state index contributed by atoms with van der Waals surface area (Å²) in [6.07, 6.45) is -1.15. The highest BCUT2D eigenvalue weighted by Gasteiger charge is 2.56. The molecule has 1 aromatic heterocycles. The Morgan fingerprint density at radius 2 is 1.27 bits per heavy atom. The third-order valence-corrected chi connectivity index (χ3v) is 9.21. The number of phenolic OH excluding ortho intramolecular Hbond substituents is 2. The van der Waals surface area contributed by atoms with E-state index >= 15 is 0 Å². The number of aromatic nitrogens is 1. The van der Waals surface area contributed by atoms with E-state index < -0.39 is 40.5 Å². The van der Waals surface area contributed by atoms with Gasteiger partial charge in [0.2, 0.25) is 0 Å². The molecular weight excluding hydrogens is 565 g/mol. The maximum Gasteiger partial charge on any atom is 0.453 e. The van der Waals surface area contributed by atoms with Crippen LogP contribution < -0.4 is 0 Å². The normalized spacial score (nSPS) is 12.8. The molecule has 228 valence electrons. The van der Waals surface area contributed by atoms with Gasteiger partial charge in [0.15, 0.2) is 0 Å². The van der Waals surface area contributed by atoms with Crippen LogP contribution in [-0.2, 0) is 16.4 Å². The van der Waals surface area contributed by atoms with Crippen molar-refractivity contribution in [2.45, 2.75) is 89.8 Å². The van der Waals surface area contributed by atoms with Crippen LogP contribution in [-0.4, -0.2) is 46.8 Å². The average Bonchev–Trinajstić information content (AvgIpc) is 3.15. The van der Waals surface area contributed by atoms with E-state index in [9.17, 15) is 40.6 Å². The molecule has 0 unspecified atom stereocenters. The molecule has 11 heteroatoms. The number of fused-ring (bicyclic) bond motifs is 1. The second-order valence-electron chi connectivity index (χ2n) is 10.7. The molecule has 0 saturated carbocycles. The van der Waals surface area contributed by atoms with E-state index in [0.717, 1.165) is 72.8 Å². The smallest absolute Gasteiger partial charge is 0.453 e. The molecule has 2 aromatic carbocycles. The zero-order valence-corrected chi connectivity index (χ0v) is 24.0. The number of hydrogen-bond acceptors (Lipinski definition) is 4. The van der Waals surface area contributed by atoms with Gasteiger partial charge in [0, 0.05) is 23.9 Å². The van der Waals surface area contributed by atoms with Crippen molar-refractivity contribution in [2.75, 3.05) is 11.5 Å². The van der Waals surface area contributed by atoms with Gasteiger partial charge in [0.1, 0.15) is 21.3 Å². The standard InChI is InChI=1S/C30H38F5NO4S/c1-22-26-21-25(38)15-16-27(26)36(28(22)23-11-13-24(37)14-12-23)18-8-6-4-2-3-5-7-9-19-41(39,40)20-10-17-29(31,32)30(33,34)35/h11-16,21,37-38H,2-10,17-20H2,1H3. The third-order valence-electron chi connectivity index (χ3n) is 7.39. The fourth-order valence-electron chi connectivity index (χ4n) is 5.14. The van der Waals surface area contributed by atoms with Crippen molar-refractivity contribution in [3.05, 3.63) is 48.0 Å². The van der Waals surface area contributed by atoms with Gasteiger partial charge in [0.05, 0.1) is 17.2 Å². The van der Waals surface area contributed by atoms with Crippen molar-refractivity contribution in [3.63, 3.8) is 0 Å². The highest BCUT2D eigenvalue weighted by molar-refractivity contribution is 7.91. The molecule has 0 amide bonds. The van der Waals surface area contributed by atoms with E-state index in [1.165, 1.54) is 0 Å². The molecule has 0 bridgehead atoms. The lowest BCUT2D eigenvalue weighted by Crippen LogP contribution is -2.36. The topological polar surface area (TPSA) is 79.5 Å². The summed E-state index contributed by atoms with van der Waals surface area (Å²) in [5.41, 5.74) is 4.13. The monoisotopic (exact) mass is 603 g/mol. The first-order valence-corrected chi connectivity index (χ1v) is 15.8. The zero-order valence-electron chi connectivity index (χ0n) is 23.2. The van der Waals surface area contributed by atoms with Gasteiger partial charge < -0.3 is 14.8 Å². The largest absolute Gasteiger partial charge is 0.508 e. The number of nitrogens with zero attached hydrogens (tertiary/aromatic N) is 1. The highest BCUT2D eigenvalue weighted by Crippen LogP contribution is 2.39. The Labute approximate surface area is 237 Å². The Bertz CT molecular complexity index is 1380. The maximum absolute atomic E-state index is 12.9. The molecule has 5 nitrogen and oxygen atoms in total. The van der Waals surface area contributed by atoms with Gasteiger partial charge in [-0.25, -0.2) is 8.42 Å². The quantitative estimate of drug-likeness (QED) is 0.127. The van der Waals surface area contributed by atoms with Crippen LogP contribution in [0.15, 0.2) is 42.5 Å². The molecule has 0 spiro atoms. The van der Waals surface area contributed by atoms with Crippen molar-refractivity contribution < 1.29 is 40.6 Å². The fraction of sp³-hybridized carbons (Fsp3) is 0.533. The molecule has 0 aliphatic rings. The molecule has 0 aliphatic carbocycles. The van der Waals surface area contributed by atoms with Gasteiger partial charge in [-0.3, -0.25) is 0 Å². The predicted octanol–water partition coefficient (Wildman–Crippen LogP) is 8.54. The number of rotatable bonds is 16. The molecular formula is C30H38F5NO4S. The fourth-order valence-corrected chi connectivity index (χ4v) is 6.58. The Hall–Kier alpha value is -2.82. The van der Waals surface area contributed by atoms with E-state index in [4.69, 9.17) is 0 Å². The number of alkyl halides is 5. The molecule has 3 aromatic rings. The molecule has 0 aliphatic heterocycles. The van der Waals surface area contributed by atoms with Gasteiger partial charge in [0.25, 0.3) is 0 Å². The van der Waals surface area contributed by atoms with Crippen LogP contribution in [0, 0.1) is 6.92 Å². The molecule has 0 fully saturated rings. The molecule has 0 atom stereocenters. The average molecular weight is 604 g/mol. The lowest BCUT2D eigenvalue weighted by atomic mass is 10.1. The number of benzene rings is 2. The van der Waals surface area contributed by atoms with Crippen LogP contribution in [0.3, 0.4) is 0 Å². The molecule has 0 radical (unpaired) electrons. The Kier molecular flexibility index (Phi) is 11.1. The summed E-state index contributed by atoms with van der Waals surface area (Å²) in [5, 5.41) is 20.7. The third kappa shape index (κ3) is 9.08. The number of aromatic hydroxyl groups is 2. The summed E-state index contributed by atoms with van der Waals surface area (Å²) in [4.78, 5) is 0. The molecule has 2 N–H and O–H groups in total. The summed E-state index contributed by atoms with van der Waals surface area (Å²) in [5.74, 6) is -5.32. The minimum atomic E-state index is -5.66. The number of unbranched alkanes of at least 4 members (excludes halogenated alkanes) is 7. The van der Waals surface area contributed by atoms with Crippen LogP contribution in [0.4, 0.5) is 22.0 Å². The Balaban J connectivity index is 1.38. The SMILES string of the molecule is Cc1c(-c2ccc(O)cc2)n(CCCCCCCCCCS(=O)(=O)CCCC(F)(F)C(F)(F)F)c2ccc(O)cc12. The zero-order chi connectivity index (χ0) is 30.3. The van der Waals surface area contributed by atoms with E-state index in [1.54, 1.807) is 24.3 Å². The minimum Gasteiger partial charge on any atom is -0.508 e. The lowest BCUT2D eigenvalue weighted by molar-refractivity contribution is -0.284. The molecule has 41 heavy (non-hydrogen) atoms. The summed E-state index contributed by atoms with van der Waals surface area (Å²) in [6.45, 7) is 2.82. The second kappa shape index (κ2) is 13.9. The van der Waals surface area contributed by atoms with E-state index in [-0.39, 0.29) is 17.3 Å². The van der Waals surface area contributed by atoms with Gasteiger partial charge in [-0.1, -0.05) is 38.5 Å². The minimum absolute atomic E-state index is 0.195. The lowest BCUT2D eigenvalue weighted by Gasteiger charge is -2.19. The number of sulfone groups is 1. The Morgan fingerprint density at radius 3 is 1.88 bits per heavy atom. The van der Waals surface area contributed by atoms with Gasteiger partial charge in [-0.05, 0) is 79.8 Å². The first-order chi connectivity index (χ1) is 19.2. The molecule has 1 heterocycles. The van der Waals surface area contributed by atoms with Crippen molar-refractivity contribution in [1.82, 2.24) is 4.57 Å². The number of aryl methyl sites for hydroxylation is 2. The van der Waals surface area contributed by atoms with E-state index in [2.05, 4.69) is 4.57 Å². The van der Waals surface area contributed by atoms with Crippen molar-refractivity contribution >= 4 is 20.7 Å². The van der Waals surface area contributed by atoms with Crippen LogP contribution in [0.2, 0.25) is 0 Å². The van der Waals surface area contributed by atoms with Gasteiger partial charge in [-0.2, -0.15) is 22.0 Å². The maximum atomic E-state index is 12.9. The van der Waals surface area contributed by atoms with Crippen molar-refractivity contribution in [3.8, 4) is 22.8 Å². The van der Waals surface area contributed by atoms with Crippen LogP contribution in [0.5, 0.6) is 11.5 Å². The summed E-state index contributed by atoms with van der Waals surface area (Å²) in [7, 11) is -3.65. The molecule has 3 rings (SSSR count). The first-order valence-electron chi connectivity index (χ1n) is 14.0. The van der Waals surface area contributed by atoms with Gasteiger partial charge in [-0.15, -0.1) is 0 Å². The summed E-state index contributed by atoms with van der Waals surface area (Å²) in [6, 6.07) is 12.4.